The summed E-state index contributed by atoms with van der Waals surface area (Å²) in [6, 6.07) is 10.6. The highest BCUT2D eigenvalue weighted by Gasteiger charge is 2.21. The van der Waals surface area contributed by atoms with Crippen LogP contribution in [0.1, 0.15) is 25.8 Å². The molecule has 0 amide bonds. The van der Waals surface area contributed by atoms with Gasteiger partial charge in [0, 0.05) is 11.6 Å². The maximum atomic E-state index is 4.42. The molecule has 1 heterocycles. The zero-order valence-electron chi connectivity index (χ0n) is 10.8. The normalized spacial score (nSPS) is 11.9. The van der Waals surface area contributed by atoms with Crippen molar-refractivity contribution in [2.45, 2.75) is 25.7 Å². The van der Waals surface area contributed by atoms with E-state index in [1.165, 1.54) is 10.9 Å². The van der Waals surface area contributed by atoms with Crippen LogP contribution in [0.4, 0.5) is 0 Å². The van der Waals surface area contributed by atoms with E-state index < -0.39 is 0 Å². The summed E-state index contributed by atoms with van der Waals surface area (Å²) in [5.74, 6) is 0. The predicted octanol–water partition coefficient (Wildman–Crippen LogP) is 3.12. The van der Waals surface area contributed by atoms with Gasteiger partial charge in [-0.15, -0.1) is 0 Å². The van der Waals surface area contributed by atoms with E-state index in [2.05, 4.69) is 48.4 Å². The Kier molecular flexibility index (Phi) is 3.43. The van der Waals surface area contributed by atoms with Gasteiger partial charge in [-0.2, -0.15) is 0 Å². The number of hydrogen-bond acceptors (Lipinski definition) is 2. The summed E-state index contributed by atoms with van der Waals surface area (Å²) in [7, 11) is 2.00. The highest BCUT2D eigenvalue weighted by atomic mass is 14.8. The van der Waals surface area contributed by atoms with Crippen LogP contribution in [-0.2, 0) is 5.41 Å². The van der Waals surface area contributed by atoms with E-state index >= 15 is 0 Å². The van der Waals surface area contributed by atoms with Gasteiger partial charge in [-0.3, -0.25) is 4.98 Å². The minimum Gasteiger partial charge on any atom is -0.320 e. The molecule has 1 N–H and O–H groups in total. The lowest BCUT2D eigenvalue weighted by Crippen LogP contribution is -2.23. The smallest absolute Gasteiger partial charge is 0.0704 e. The van der Waals surface area contributed by atoms with Crippen LogP contribution < -0.4 is 5.32 Å². The molecule has 0 aliphatic rings. The number of nitrogens with zero attached hydrogens (tertiary/aromatic N) is 1. The van der Waals surface area contributed by atoms with Crippen LogP contribution in [-0.4, -0.2) is 18.6 Å². The van der Waals surface area contributed by atoms with Gasteiger partial charge in [0.2, 0.25) is 0 Å². The summed E-state index contributed by atoms with van der Waals surface area (Å²) in [4.78, 5) is 4.42. The van der Waals surface area contributed by atoms with Crippen LogP contribution in [0.5, 0.6) is 0 Å². The first-order chi connectivity index (χ1) is 8.15. The molecule has 0 atom stereocenters. The van der Waals surface area contributed by atoms with Crippen molar-refractivity contribution in [1.29, 1.82) is 0 Å². The number of aromatic nitrogens is 1. The average molecular weight is 228 g/mol. The lowest BCUT2D eigenvalue weighted by Gasteiger charge is -2.26. The van der Waals surface area contributed by atoms with Gasteiger partial charge in [0.05, 0.1) is 5.52 Å². The Balaban J connectivity index is 2.47. The molecule has 90 valence electrons. The van der Waals surface area contributed by atoms with Crippen LogP contribution in [0, 0.1) is 0 Å². The third-order valence-electron chi connectivity index (χ3n) is 3.37. The van der Waals surface area contributed by atoms with E-state index in [1.54, 1.807) is 0 Å². The van der Waals surface area contributed by atoms with E-state index in [1.807, 2.05) is 19.3 Å². The largest absolute Gasteiger partial charge is 0.320 e. The Hall–Kier alpha value is -1.41. The second-order valence-corrected chi connectivity index (χ2v) is 5.11. The number of pyridine rings is 1. The quantitative estimate of drug-likeness (QED) is 0.869. The van der Waals surface area contributed by atoms with Gasteiger partial charge >= 0.3 is 0 Å². The third kappa shape index (κ3) is 2.47. The summed E-state index contributed by atoms with van der Waals surface area (Å²) < 4.78 is 0. The summed E-state index contributed by atoms with van der Waals surface area (Å²) in [6.07, 6.45) is 2.98. The van der Waals surface area contributed by atoms with Crippen LogP contribution >= 0.6 is 0 Å². The fourth-order valence-electron chi connectivity index (χ4n) is 2.27. The molecule has 0 fully saturated rings. The van der Waals surface area contributed by atoms with Crippen molar-refractivity contribution in [3.63, 3.8) is 0 Å². The number of fused-ring (bicyclic) bond motifs is 1. The molecule has 0 saturated heterocycles. The SMILES string of the molecule is CNCCC(C)(C)c1cccc2ncccc12. The number of nitrogens with one attached hydrogen (secondary N) is 1. The molecule has 0 radical (unpaired) electrons. The number of benzene rings is 1. The second kappa shape index (κ2) is 4.84. The molecule has 0 bridgehead atoms. The standard InChI is InChI=1S/C15H20N2/c1-15(2,9-11-16-3)13-7-4-8-14-12(13)6-5-10-17-14/h4-8,10,16H,9,11H2,1-3H3. The molecule has 0 aliphatic carbocycles. The first kappa shape index (κ1) is 12.1. The highest BCUT2D eigenvalue weighted by Crippen LogP contribution is 2.31. The summed E-state index contributed by atoms with van der Waals surface area (Å²) in [5, 5.41) is 4.50. The molecule has 1 aromatic carbocycles. The van der Waals surface area contributed by atoms with E-state index in [0.717, 1.165) is 18.5 Å². The first-order valence-electron chi connectivity index (χ1n) is 6.14. The Morgan fingerprint density at radius 2 is 2.00 bits per heavy atom. The Labute approximate surface area is 103 Å². The van der Waals surface area contributed by atoms with Crippen LogP contribution in [0.3, 0.4) is 0 Å². The van der Waals surface area contributed by atoms with Crippen LogP contribution in [0.15, 0.2) is 36.5 Å². The van der Waals surface area contributed by atoms with E-state index in [4.69, 9.17) is 0 Å². The zero-order valence-corrected chi connectivity index (χ0v) is 10.8. The fourth-order valence-corrected chi connectivity index (χ4v) is 2.27. The maximum Gasteiger partial charge on any atom is 0.0704 e. The molecule has 0 aliphatic heterocycles. The minimum absolute atomic E-state index is 0.172. The van der Waals surface area contributed by atoms with Crippen molar-refractivity contribution in [3.05, 3.63) is 42.1 Å². The molecule has 0 saturated carbocycles. The molecule has 0 spiro atoms. The summed E-state index contributed by atoms with van der Waals surface area (Å²) in [6.45, 7) is 5.63. The third-order valence-corrected chi connectivity index (χ3v) is 3.37. The summed E-state index contributed by atoms with van der Waals surface area (Å²) >= 11 is 0. The molecule has 0 unspecified atom stereocenters. The minimum atomic E-state index is 0.172. The molecule has 2 rings (SSSR count). The van der Waals surface area contributed by atoms with Crippen LogP contribution in [0.2, 0.25) is 0 Å². The van der Waals surface area contributed by atoms with Crippen molar-refractivity contribution in [2.75, 3.05) is 13.6 Å². The lowest BCUT2D eigenvalue weighted by molar-refractivity contribution is 0.472. The van der Waals surface area contributed by atoms with Crippen molar-refractivity contribution in [1.82, 2.24) is 10.3 Å². The van der Waals surface area contributed by atoms with E-state index in [0.29, 0.717) is 0 Å². The molecular formula is C15H20N2. The topological polar surface area (TPSA) is 24.9 Å². The molecule has 1 aromatic heterocycles. The van der Waals surface area contributed by atoms with Gasteiger partial charge in [0.15, 0.2) is 0 Å². The number of rotatable bonds is 4. The Morgan fingerprint density at radius 1 is 1.18 bits per heavy atom. The highest BCUT2D eigenvalue weighted by molar-refractivity contribution is 5.83. The Morgan fingerprint density at radius 3 is 2.76 bits per heavy atom. The maximum absolute atomic E-state index is 4.42. The van der Waals surface area contributed by atoms with Crippen molar-refractivity contribution >= 4 is 10.9 Å². The van der Waals surface area contributed by atoms with Gasteiger partial charge in [0.1, 0.15) is 0 Å². The van der Waals surface area contributed by atoms with E-state index in [-0.39, 0.29) is 5.41 Å². The second-order valence-electron chi connectivity index (χ2n) is 5.11. The monoisotopic (exact) mass is 228 g/mol. The number of hydrogen-bond donors (Lipinski definition) is 1. The van der Waals surface area contributed by atoms with Gasteiger partial charge in [0.25, 0.3) is 0 Å². The van der Waals surface area contributed by atoms with Gasteiger partial charge in [-0.05, 0) is 43.1 Å². The molecule has 2 aromatic rings. The van der Waals surface area contributed by atoms with Gasteiger partial charge in [-0.1, -0.05) is 32.0 Å². The average Bonchev–Trinajstić information content (AvgIpc) is 2.36. The van der Waals surface area contributed by atoms with Crippen molar-refractivity contribution in [3.8, 4) is 0 Å². The molecule has 2 nitrogen and oxygen atoms in total. The van der Waals surface area contributed by atoms with Crippen LogP contribution in [0.25, 0.3) is 10.9 Å². The zero-order chi connectivity index (χ0) is 12.3. The predicted molar refractivity (Wildman–Crippen MR) is 73.3 cm³/mol. The molecule has 17 heavy (non-hydrogen) atoms. The van der Waals surface area contributed by atoms with Crippen molar-refractivity contribution < 1.29 is 0 Å². The van der Waals surface area contributed by atoms with Crippen molar-refractivity contribution in [2.24, 2.45) is 0 Å². The molecule has 2 heteroatoms. The summed E-state index contributed by atoms with van der Waals surface area (Å²) in [5.41, 5.74) is 2.65. The first-order valence-corrected chi connectivity index (χ1v) is 6.14. The molecular weight excluding hydrogens is 208 g/mol. The van der Waals surface area contributed by atoms with Gasteiger partial charge in [-0.25, -0.2) is 0 Å². The Bertz CT molecular complexity index is 498. The fraction of sp³-hybridized carbons (Fsp3) is 0.400. The lowest BCUT2D eigenvalue weighted by atomic mass is 9.79. The van der Waals surface area contributed by atoms with Gasteiger partial charge < -0.3 is 5.32 Å². The van der Waals surface area contributed by atoms with E-state index in [9.17, 15) is 0 Å².